The molecule has 1 aromatic carbocycles. The number of halogens is 2. The lowest BCUT2D eigenvalue weighted by molar-refractivity contribution is 0.0697. The fourth-order valence-electron chi connectivity index (χ4n) is 1.77. The molecule has 0 fully saturated rings. The third kappa shape index (κ3) is 2.79. The van der Waals surface area contributed by atoms with Gasteiger partial charge in [0.05, 0.1) is 16.3 Å². The molecule has 0 saturated carbocycles. The number of H-pyrrole nitrogens is 1. The normalized spacial score (nSPS) is 10.3. The van der Waals surface area contributed by atoms with Crippen LogP contribution in [0.4, 0.5) is 5.69 Å². The number of hydrogen-bond donors (Lipinski definition) is 3. The summed E-state index contributed by atoms with van der Waals surface area (Å²) in [7, 11) is 0. The lowest BCUT2D eigenvalue weighted by atomic mass is 10.1. The predicted molar refractivity (Wildman–Crippen MR) is 76.9 cm³/mol. The molecule has 0 aliphatic rings. The minimum absolute atomic E-state index is 0.0459. The molecule has 0 radical (unpaired) electrons. The Morgan fingerprint density at radius 3 is 2.55 bits per heavy atom. The highest BCUT2D eigenvalue weighted by molar-refractivity contribution is 6.41. The van der Waals surface area contributed by atoms with E-state index in [1.54, 1.807) is 19.1 Å². The number of aromatic amines is 1. The van der Waals surface area contributed by atoms with Gasteiger partial charge in [-0.15, -0.1) is 0 Å². The van der Waals surface area contributed by atoms with Crippen LogP contribution in [0.2, 0.25) is 10.2 Å². The molecule has 7 heteroatoms. The molecule has 0 bridgehead atoms. The first kappa shape index (κ1) is 14.4. The maximum absolute atomic E-state index is 12.0. The summed E-state index contributed by atoms with van der Waals surface area (Å²) in [5, 5.41) is 12.1. The molecule has 0 saturated heterocycles. The van der Waals surface area contributed by atoms with E-state index in [0.717, 1.165) is 0 Å². The van der Waals surface area contributed by atoms with Crippen molar-refractivity contribution < 1.29 is 14.7 Å². The summed E-state index contributed by atoms with van der Waals surface area (Å²) < 4.78 is 0. The van der Waals surface area contributed by atoms with Crippen molar-refractivity contribution >= 4 is 40.8 Å². The van der Waals surface area contributed by atoms with Crippen molar-refractivity contribution in [2.24, 2.45) is 0 Å². The fourth-order valence-corrected chi connectivity index (χ4v) is 2.08. The maximum atomic E-state index is 12.0. The van der Waals surface area contributed by atoms with E-state index < -0.39 is 11.9 Å². The number of rotatable bonds is 3. The SMILES string of the molecule is Cc1cccc(NC(=O)c2cc(Cl)c(Cl)[nH]2)c1C(=O)O. The standard InChI is InChI=1S/C13H10Cl2N2O3/c1-6-3-2-4-8(10(6)13(19)20)17-12(18)9-5-7(14)11(15)16-9/h2-5,16H,1H3,(H,17,18)(H,19,20). The van der Waals surface area contributed by atoms with Gasteiger partial charge in [-0.2, -0.15) is 0 Å². The van der Waals surface area contributed by atoms with E-state index in [2.05, 4.69) is 10.3 Å². The molecule has 5 nitrogen and oxygen atoms in total. The molecule has 0 atom stereocenters. The van der Waals surface area contributed by atoms with E-state index >= 15 is 0 Å². The van der Waals surface area contributed by atoms with Gasteiger partial charge in [0.25, 0.3) is 5.91 Å². The molecule has 2 aromatic rings. The van der Waals surface area contributed by atoms with Crippen LogP contribution >= 0.6 is 23.2 Å². The number of aromatic carboxylic acids is 1. The number of aryl methyl sites for hydroxylation is 1. The molecular weight excluding hydrogens is 303 g/mol. The molecule has 20 heavy (non-hydrogen) atoms. The third-order valence-corrected chi connectivity index (χ3v) is 3.40. The summed E-state index contributed by atoms with van der Waals surface area (Å²) in [6, 6.07) is 6.20. The van der Waals surface area contributed by atoms with Crippen molar-refractivity contribution in [3.63, 3.8) is 0 Å². The summed E-state index contributed by atoms with van der Waals surface area (Å²) in [5.41, 5.74) is 0.963. The lowest BCUT2D eigenvalue weighted by Crippen LogP contribution is -2.15. The van der Waals surface area contributed by atoms with Gasteiger partial charge in [0.1, 0.15) is 10.8 Å². The van der Waals surface area contributed by atoms with E-state index in [9.17, 15) is 14.7 Å². The Morgan fingerprint density at radius 2 is 2.00 bits per heavy atom. The minimum atomic E-state index is -1.11. The van der Waals surface area contributed by atoms with Crippen molar-refractivity contribution in [1.29, 1.82) is 0 Å². The van der Waals surface area contributed by atoms with Crippen LogP contribution in [0.15, 0.2) is 24.3 Å². The Labute approximate surface area is 124 Å². The fraction of sp³-hybridized carbons (Fsp3) is 0.0769. The van der Waals surface area contributed by atoms with Gasteiger partial charge in [-0.3, -0.25) is 4.79 Å². The van der Waals surface area contributed by atoms with Gasteiger partial charge in [0.2, 0.25) is 0 Å². The van der Waals surface area contributed by atoms with Gasteiger partial charge in [-0.1, -0.05) is 35.3 Å². The lowest BCUT2D eigenvalue weighted by Gasteiger charge is -2.09. The second-order valence-electron chi connectivity index (χ2n) is 4.10. The molecule has 1 amide bonds. The van der Waals surface area contributed by atoms with E-state index in [1.807, 2.05) is 0 Å². The molecule has 0 unspecified atom stereocenters. The Morgan fingerprint density at radius 1 is 1.30 bits per heavy atom. The van der Waals surface area contributed by atoms with E-state index in [4.69, 9.17) is 23.2 Å². The van der Waals surface area contributed by atoms with Gasteiger partial charge in [-0.25, -0.2) is 4.79 Å². The number of aromatic nitrogens is 1. The molecule has 0 aliphatic heterocycles. The van der Waals surface area contributed by atoms with Gasteiger partial charge in [0, 0.05) is 0 Å². The highest BCUT2D eigenvalue weighted by Gasteiger charge is 2.17. The zero-order valence-corrected chi connectivity index (χ0v) is 11.8. The zero-order chi connectivity index (χ0) is 14.9. The van der Waals surface area contributed by atoms with Crippen LogP contribution in [0.25, 0.3) is 0 Å². The second kappa shape index (κ2) is 5.56. The first-order valence-corrected chi connectivity index (χ1v) is 6.34. The monoisotopic (exact) mass is 312 g/mol. The summed E-state index contributed by atoms with van der Waals surface area (Å²) >= 11 is 11.5. The van der Waals surface area contributed by atoms with E-state index in [-0.39, 0.29) is 27.1 Å². The van der Waals surface area contributed by atoms with Crippen molar-refractivity contribution in [2.45, 2.75) is 6.92 Å². The number of anilines is 1. The molecule has 1 heterocycles. The van der Waals surface area contributed by atoms with Crippen LogP contribution < -0.4 is 5.32 Å². The Balaban J connectivity index is 2.33. The van der Waals surface area contributed by atoms with Crippen LogP contribution in [-0.4, -0.2) is 22.0 Å². The highest BCUT2D eigenvalue weighted by atomic mass is 35.5. The highest BCUT2D eigenvalue weighted by Crippen LogP contribution is 2.24. The van der Waals surface area contributed by atoms with Gasteiger partial charge in [-0.05, 0) is 24.6 Å². The third-order valence-electron chi connectivity index (χ3n) is 2.70. The minimum Gasteiger partial charge on any atom is -0.478 e. The number of benzene rings is 1. The van der Waals surface area contributed by atoms with Gasteiger partial charge in [0.15, 0.2) is 0 Å². The van der Waals surface area contributed by atoms with Crippen molar-refractivity contribution in [2.75, 3.05) is 5.32 Å². The number of nitrogens with one attached hydrogen (secondary N) is 2. The molecular formula is C13H10Cl2N2O3. The van der Waals surface area contributed by atoms with E-state index in [0.29, 0.717) is 5.56 Å². The Hall–Kier alpha value is -1.98. The number of carbonyl (C=O) groups excluding carboxylic acids is 1. The largest absolute Gasteiger partial charge is 0.478 e. The summed E-state index contributed by atoms with van der Waals surface area (Å²) in [4.78, 5) is 25.8. The van der Waals surface area contributed by atoms with Crippen molar-refractivity contribution in [3.05, 3.63) is 51.3 Å². The number of carboxylic acids is 1. The molecule has 1 aromatic heterocycles. The van der Waals surface area contributed by atoms with Crippen LogP contribution in [0.5, 0.6) is 0 Å². The van der Waals surface area contributed by atoms with Crippen LogP contribution in [-0.2, 0) is 0 Å². The summed E-state index contributed by atoms with van der Waals surface area (Å²) in [6.07, 6.45) is 0. The van der Waals surface area contributed by atoms with Crippen LogP contribution in [0.1, 0.15) is 26.4 Å². The van der Waals surface area contributed by atoms with Gasteiger partial charge >= 0.3 is 5.97 Å². The maximum Gasteiger partial charge on any atom is 0.338 e. The topological polar surface area (TPSA) is 82.2 Å². The summed E-state index contributed by atoms with van der Waals surface area (Å²) in [6.45, 7) is 1.65. The number of carbonyl (C=O) groups is 2. The first-order chi connectivity index (χ1) is 9.40. The number of amides is 1. The molecule has 0 spiro atoms. The molecule has 0 aliphatic carbocycles. The van der Waals surface area contributed by atoms with Crippen molar-refractivity contribution in [1.82, 2.24) is 4.98 Å². The number of carboxylic acid groups (broad SMARTS) is 1. The quantitative estimate of drug-likeness (QED) is 0.810. The predicted octanol–water partition coefficient (Wildman–Crippen LogP) is 3.58. The second-order valence-corrected chi connectivity index (χ2v) is 4.89. The molecule has 3 N–H and O–H groups in total. The Kier molecular flexibility index (Phi) is 4.01. The average Bonchev–Trinajstić information content (AvgIpc) is 2.69. The van der Waals surface area contributed by atoms with Crippen LogP contribution in [0, 0.1) is 6.92 Å². The Bertz CT molecular complexity index is 675. The molecule has 104 valence electrons. The number of hydrogen-bond acceptors (Lipinski definition) is 2. The van der Waals surface area contributed by atoms with Gasteiger partial charge < -0.3 is 15.4 Å². The zero-order valence-electron chi connectivity index (χ0n) is 10.3. The van der Waals surface area contributed by atoms with Crippen LogP contribution in [0.3, 0.4) is 0 Å². The average molecular weight is 313 g/mol. The van der Waals surface area contributed by atoms with Crippen molar-refractivity contribution in [3.8, 4) is 0 Å². The van der Waals surface area contributed by atoms with E-state index in [1.165, 1.54) is 12.1 Å². The molecule has 2 rings (SSSR count). The first-order valence-electron chi connectivity index (χ1n) is 5.58. The summed E-state index contributed by atoms with van der Waals surface area (Å²) in [5.74, 6) is -1.63. The smallest absolute Gasteiger partial charge is 0.338 e.